The predicted octanol–water partition coefficient (Wildman–Crippen LogP) is 5.47. The molecule has 5 rings (SSSR count). The third kappa shape index (κ3) is 5.04. The van der Waals surface area contributed by atoms with Crippen LogP contribution < -0.4 is 0 Å². The second-order valence-electron chi connectivity index (χ2n) is 10.7. The number of carbonyl (C=O) groups is 1. The van der Waals surface area contributed by atoms with Crippen LogP contribution in [0.25, 0.3) is 11.1 Å². The number of hydrogen-bond acceptors (Lipinski definition) is 5. The molecule has 1 aromatic heterocycles. The second kappa shape index (κ2) is 9.71. The maximum atomic E-state index is 13.3. The van der Waals surface area contributed by atoms with Gasteiger partial charge in [-0.05, 0) is 43.9 Å². The van der Waals surface area contributed by atoms with Gasteiger partial charge in [-0.1, -0.05) is 54.6 Å². The Labute approximate surface area is 212 Å². The van der Waals surface area contributed by atoms with Crippen LogP contribution in [-0.4, -0.2) is 51.2 Å². The summed E-state index contributed by atoms with van der Waals surface area (Å²) in [7, 11) is 0. The smallest absolute Gasteiger partial charge is 0.411 e. The number of cyclic esters (lactones) is 1. The summed E-state index contributed by atoms with van der Waals surface area (Å²) in [5.41, 5.74) is 2.30. The Kier molecular flexibility index (Phi) is 6.62. The van der Waals surface area contributed by atoms with Crippen LogP contribution in [0.1, 0.15) is 63.2 Å². The van der Waals surface area contributed by atoms with Gasteiger partial charge in [-0.25, -0.2) is 4.79 Å². The highest BCUT2D eigenvalue weighted by Crippen LogP contribution is 2.42. The molecule has 2 aliphatic rings. The molecule has 3 atom stereocenters. The topological polar surface area (TPSA) is 76.8 Å². The van der Waals surface area contributed by atoms with Gasteiger partial charge in [0.2, 0.25) is 0 Å². The normalized spacial score (nSPS) is 23.5. The molecule has 7 heteroatoms. The van der Waals surface area contributed by atoms with E-state index in [1.807, 2.05) is 48.1 Å². The number of carbonyl (C=O) groups excluding carboxylic acids is 1. The lowest BCUT2D eigenvalue weighted by Gasteiger charge is -2.45. The lowest BCUT2D eigenvalue weighted by molar-refractivity contribution is -0.101. The summed E-state index contributed by atoms with van der Waals surface area (Å²) < 4.78 is 13.6. The molecule has 2 unspecified atom stereocenters. The Bertz CT molecular complexity index is 1180. The first-order valence-corrected chi connectivity index (χ1v) is 12.7. The minimum absolute atomic E-state index is 0.138. The fourth-order valence-corrected chi connectivity index (χ4v) is 5.44. The number of amides is 1. The van der Waals surface area contributed by atoms with E-state index >= 15 is 0 Å². The molecule has 2 aromatic carbocycles. The van der Waals surface area contributed by atoms with E-state index in [0.717, 1.165) is 35.3 Å². The van der Waals surface area contributed by atoms with E-state index in [1.54, 1.807) is 18.7 Å². The SMILES string of the molecule is C[C@@H](c1ccc(-c2cnn(C3CCOC3)c2)cc1)N1CCC(CC(C)(C)O)(c2ccccc2)OC1=O. The maximum absolute atomic E-state index is 13.3. The van der Waals surface area contributed by atoms with Gasteiger partial charge >= 0.3 is 6.09 Å². The van der Waals surface area contributed by atoms with Gasteiger partial charge in [0.05, 0.1) is 30.5 Å². The Morgan fingerprint density at radius 2 is 1.89 bits per heavy atom. The third-order valence-corrected chi connectivity index (χ3v) is 7.37. The molecule has 3 aromatic rings. The van der Waals surface area contributed by atoms with Crippen LogP contribution in [-0.2, 0) is 15.1 Å². The lowest BCUT2D eigenvalue weighted by Crippen LogP contribution is -2.51. The average Bonchev–Trinajstić information content (AvgIpc) is 3.56. The van der Waals surface area contributed by atoms with Gasteiger partial charge < -0.3 is 19.5 Å². The highest BCUT2D eigenvalue weighted by atomic mass is 16.6. The molecule has 0 spiro atoms. The third-order valence-electron chi connectivity index (χ3n) is 7.37. The van der Waals surface area contributed by atoms with Gasteiger partial charge in [0, 0.05) is 37.8 Å². The molecule has 36 heavy (non-hydrogen) atoms. The number of nitrogens with zero attached hydrogens (tertiary/aromatic N) is 3. The zero-order valence-electron chi connectivity index (χ0n) is 21.3. The number of hydrogen-bond donors (Lipinski definition) is 1. The first kappa shape index (κ1) is 24.5. The van der Waals surface area contributed by atoms with Crippen molar-refractivity contribution in [1.29, 1.82) is 0 Å². The minimum atomic E-state index is -0.974. The van der Waals surface area contributed by atoms with Crippen LogP contribution in [0.15, 0.2) is 67.0 Å². The van der Waals surface area contributed by atoms with Crippen molar-refractivity contribution in [3.05, 3.63) is 78.1 Å². The summed E-state index contributed by atoms with van der Waals surface area (Å²) in [6, 6.07) is 18.2. The van der Waals surface area contributed by atoms with Crippen molar-refractivity contribution in [2.45, 2.75) is 63.3 Å². The quantitative estimate of drug-likeness (QED) is 0.476. The van der Waals surface area contributed by atoms with E-state index in [0.29, 0.717) is 32.0 Å². The lowest BCUT2D eigenvalue weighted by atomic mass is 9.80. The number of ether oxygens (including phenoxy) is 2. The van der Waals surface area contributed by atoms with Gasteiger partial charge in [-0.15, -0.1) is 0 Å². The van der Waals surface area contributed by atoms with Gasteiger partial charge in [-0.3, -0.25) is 4.68 Å². The summed E-state index contributed by atoms with van der Waals surface area (Å²) in [5.74, 6) is 0. The summed E-state index contributed by atoms with van der Waals surface area (Å²) in [4.78, 5) is 15.1. The standard InChI is InChI=1S/C29H35N3O4/c1-21(22-9-11-23(12-10-22)24-17-30-32(18-24)26-13-16-35-19-26)31-15-14-29(36-27(31)33,20-28(2,3)34)25-7-5-4-6-8-25/h4-12,17-18,21,26,34H,13-16,19-20H2,1-3H3/t21-,26?,29?/m0/s1. The van der Waals surface area contributed by atoms with Gasteiger partial charge in [0.1, 0.15) is 5.60 Å². The second-order valence-corrected chi connectivity index (χ2v) is 10.7. The van der Waals surface area contributed by atoms with Crippen molar-refractivity contribution in [1.82, 2.24) is 14.7 Å². The fraction of sp³-hybridized carbons (Fsp3) is 0.448. The van der Waals surface area contributed by atoms with Gasteiger partial charge in [0.15, 0.2) is 0 Å². The monoisotopic (exact) mass is 489 g/mol. The van der Waals surface area contributed by atoms with Crippen LogP contribution in [0.2, 0.25) is 0 Å². The molecule has 7 nitrogen and oxygen atoms in total. The molecule has 0 aliphatic carbocycles. The molecule has 0 saturated carbocycles. The van der Waals surface area contributed by atoms with Crippen molar-refractivity contribution in [2.24, 2.45) is 0 Å². The Balaban J connectivity index is 1.30. The largest absolute Gasteiger partial charge is 0.438 e. The zero-order chi connectivity index (χ0) is 25.3. The molecule has 190 valence electrons. The molecular weight excluding hydrogens is 454 g/mol. The van der Waals surface area contributed by atoms with Crippen LogP contribution in [0.4, 0.5) is 4.79 Å². The predicted molar refractivity (Wildman–Crippen MR) is 137 cm³/mol. The van der Waals surface area contributed by atoms with Crippen molar-refractivity contribution < 1.29 is 19.4 Å². The molecule has 0 bridgehead atoms. The Morgan fingerprint density at radius 1 is 1.14 bits per heavy atom. The van der Waals surface area contributed by atoms with Crippen molar-refractivity contribution in [2.75, 3.05) is 19.8 Å². The molecule has 2 saturated heterocycles. The summed E-state index contributed by atoms with van der Waals surface area (Å²) in [6.07, 6.45) is 5.55. The van der Waals surface area contributed by atoms with E-state index in [1.165, 1.54) is 0 Å². The van der Waals surface area contributed by atoms with E-state index in [9.17, 15) is 9.90 Å². The summed E-state index contributed by atoms with van der Waals surface area (Å²) >= 11 is 0. The zero-order valence-corrected chi connectivity index (χ0v) is 21.3. The van der Waals surface area contributed by atoms with Crippen molar-refractivity contribution >= 4 is 6.09 Å². The number of aromatic nitrogens is 2. The number of aliphatic hydroxyl groups is 1. The molecule has 3 heterocycles. The fourth-order valence-electron chi connectivity index (χ4n) is 5.44. The summed E-state index contributed by atoms with van der Waals surface area (Å²) in [6.45, 7) is 7.59. The van der Waals surface area contributed by atoms with E-state index < -0.39 is 11.2 Å². The number of benzene rings is 2. The van der Waals surface area contributed by atoms with E-state index in [4.69, 9.17) is 9.47 Å². The highest BCUT2D eigenvalue weighted by Gasteiger charge is 2.46. The molecule has 1 N–H and O–H groups in total. The Morgan fingerprint density at radius 3 is 2.53 bits per heavy atom. The molecular formula is C29H35N3O4. The number of rotatable bonds is 7. The average molecular weight is 490 g/mol. The van der Waals surface area contributed by atoms with E-state index in [2.05, 4.69) is 35.6 Å². The van der Waals surface area contributed by atoms with Gasteiger partial charge in [-0.2, -0.15) is 5.10 Å². The van der Waals surface area contributed by atoms with Crippen LogP contribution in [0.3, 0.4) is 0 Å². The van der Waals surface area contributed by atoms with Crippen molar-refractivity contribution in [3.63, 3.8) is 0 Å². The minimum Gasteiger partial charge on any atom is -0.438 e. The molecule has 0 radical (unpaired) electrons. The molecule has 2 aliphatic heterocycles. The van der Waals surface area contributed by atoms with Crippen molar-refractivity contribution in [3.8, 4) is 11.1 Å². The van der Waals surface area contributed by atoms with Crippen LogP contribution >= 0.6 is 0 Å². The maximum Gasteiger partial charge on any atom is 0.411 e. The summed E-state index contributed by atoms with van der Waals surface area (Å²) in [5, 5.41) is 15.1. The van der Waals surface area contributed by atoms with Gasteiger partial charge in [0.25, 0.3) is 0 Å². The van der Waals surface area contributed by atoms with Crippen LogP contribution in [0.5, 0.6) is 0 Å². The first-order chi connectivity index (χ1) is 17.2. The highest BCUT2D eigenvalue weighted by molar-refractivity contribution is 5.70. The van der Waals surface area contributed by atoms with E-state index in [-0.39, 0.29) is 12.1 Å². The van der Waals surface area contributed by atoms with Crippen LogP contribution in [0, 0.1) is 0 Å². The molecule has 2 fully saturated rings. The Hall–Kier alpha value is -3.16. The first-order valence-electron chi connectivity index (χ1n) is 12.7. The molecule has 1 amide bonds.